The minimum Gasteiger partial charge on any atom is -0.480 e. The first-order valence-electron chi connectivity index (χ1n) is 7.09. The van der Waals surface area contributed by atoms with Crippen molar-refractivity contribution >= 4 is 17.6 Å². The van der Waals surface area contributed by atoms with Crippen LogP contribution in [0.3, 0.4) is 0 Å². The number of carbonyl (C=O) groups is 1. The Balaban J connectivity index is 1.79. The quantitative estimate of drug-likeness (QED) is 0.930. The van der Waals surface area contributed by atoms with Crippen molar-refractivity contribution in [3.05, 3.63) is 22.7 Å². The summed E-state index contributed by atoms with van der Waals surface area (Å²) in [6.07, 6.45) is 1.70. The van der Waals surface area contributed by atoms with E-state index in [0.29, 0.717) is 35.4 Å². The van der Waals surface area contributed by atoms with E-state index in [2.05, 4.69) is 6.92 Å². The Morgan fingerprint density at radius 1 is 1.48 bits per heavy atom. The number of ether oxygens (including phenoxy) is 2. The largest absolute Gasteiger partial charge is 0.480 e. The summed E-state index contributed by atoms with van der Waals surface area (Å²) in [6.45, 7) is 3.62. The number of aliphatic carboxylic acids is 1. The van der Waals surface area contributed by atoms with Gasteiger partial charge in [-0.25, -0.2) is 0 Å². The highest BCUT2D eigenvalue weighted by Crippen LogP contribution is 2.40. The average molecular weight is 312 g/mol. The number of piperidine rings is 1. The van der Waals surface area contributed by atoms with Gasteiger partial charge in [0.2, 0.25) is 6.79 Å². The SMILES string of the molecule is CC1CCN(Cc2cc(Cl)c3c(c2)OCO3)C(C(=O)O)C1. The summed E-state index contributed by atoms with van der Waals surface area (Å²) in [5.74, 6) is 0.897. The van der Waals surface area contributed by atoms with Crippen LogP contribution in [0.2, 0.25) is 5.02 Å². The van der Waals surface area contributed by atoms with Crippen LogP contribution in [0, 0.1) is 5.92 Å². The molecule has 6 heteroatoms. The minimum atomic E-state index is -0.756. The predicted octanol–water partition coefficient (Wildman–Crippen LogP) is 2.75. The van der Waals surface area contributed by atoms with Crippen molar-refractivity contribution in [2.24, 2.45) is 5.92 Å². The van der Waals surface area contributed by atoms with Gasteiger partial charge >= 0.3 is 5.97 Å². The van der Waals surface area contributed by atoms with Crippen molar-refractivity contribution in [3.63, 3.8) is 0 Å². The van der Waals surface area contributed by atoms with Gasteiger partial charge in [-0.2, -0.15) is 0 Å². The molecule has 0 aromatic heterocycles. The third-order valence-electron chi connectivity index (χ3n) is 4.13. The topological polar surface area (TPSA) is 59.0 Å². The van der Waals surface area contributed by atoms with E-state index < -0.39 is 12.0 Å². The Hall–Kier alpha value is -1.46. The monoisotopic (exact) mass is 311 g/mol. The third-order valence-corrected chi connectivity index (χ3v) is 4.41. The molecule has 2 heterocycles. The lowest BCUT2D eigenvalue weighted by atomic mass is 9.92. The molecule has 1 saturated heterocycles. The summed E-state index contributed by atoms with van der Waals surface area (Å²) in [5, 5.41) is 9.91. The van der Waals surface area contributed by atoms with Crippen molar-refractivity contribution in [2.75, 3.05) is 13.3 Å². The standard InChI is InChI=1S/C15H18ClNO4/c1-9-2-3-17(12(4-9)15(18)19)7-10-5-11(16)14-13(6-10)20-8-21-14/h5-6,9,12H,2-4,7-8H2,1H3,(H,18,19). The molecule has 1 N–H and O–H groups in total. The second kappa shape index (κ2) is 5.73. The lowest BCUT2D eigenvalue weighted by Gasteiger charge is -2.36. The third kappa shape index (κ3) is 2.94. The average Bonchev–Trinajstić information content (AvgIpc) is 2.89. The van der Waals surface area contributed by atoms with Gasteiger partial charge in [0.15, 0.2) is 11.5 Å². The van der Waals surface area contributed by atoms with Gasteiger partial charge in [-0.15, -0.1) is 0 Å². The molecule has 0 aliphatic carbocycles. The van der Waals surface area contributed by atoms with Crippen molar-refractivity contribution < 1.29 is 19.4 Å². The first-order valence-corrected chi connectivity index (χ1v) is 7.47. The molecule has 0 amide bonds. The smallest absolute Gasteiger partial charge is 0.320 e. The fourth-order valence-electron chi connectivity index (χ4n) is 2.98. The van der Waals surface area contributed by atoms with E-state index in [1.54, 1.807) is 0 Å². The second-order valence-electron chi connectivity index (χ2n) is 5.77. The van der Waals surface area contributed by atoms with E-state index in [1.165, 1.54) is 0 Å². The van der Waals surface area contributed by atoms with Gasteiger partial charge in [0.25, 0.3) is 0 Å². The molecule has 1 fully saturated rings. The van der Waals surface area contributed by atoms with Crippen LogP contribution in [-0.4, -0.2) is 35.4 Å². The van der Waals surface area contributed by atoms with Crippen LogP contribution in [0.1, 0.15) is 25.3 Å². The van der Waals surface area contributed by atoms with Gasteiger partial charge in [0.1, 0.15) is 6.04 Å². The zero-order valence-electron chi connectivity index (χ0n) is 11.8. The minimum absolute atomic E-state index is 0.178. The fourth-order valence-corrected chi connectivity index (χ4v) is 3.27. The van der Waals surface area contributed by atoms with Crippen LogP contribution in [0.25, 0.3) is 0 Å². The van der Waals surface area contributed by atoms with Gasteiger partial charge in [0, 0.05) is 6.54 Å². The summed E-state index contributed by atoms with van der Waals surface area (Å²) >= 11 is 6.17. The number of rotatable bonds is 3. The number of carboxylic acids is 1. The van der Waals surface area contributed by atoms with E-state index in [-0.39, 0.29) is 6.79 Å². The molecule has 114 valence electrons. The summed E-state index contributed by atoms with van der Waals surface area (Å²) < 4.78 is 10.6. The maximum atomic E-state index is 11.4. The lowest BCUT2D eigenvalue weighted by Crippen LogP contribution is -2.46. The number of benzene rings is 1. The fraction of sp³-hybridized carbons (Fsp3) is 0.533. The van der Waals surface area contributed by atoms with Gasteiger partial charge in [0.05, 0.1) is 5.02 Å². The Morgan fingerprint density at radius 3 is 3.05 bits per heavy atom. The molecule has 2 aliphatic heterocycles. The molecule has 0 bridgehead atoms. The number of nitrogens with zero attached hydrogens (tertiary/aromatic N) is 1. The molecule has 0 radical (unpaired) electrons. The zero-order chi connectivity index (χ0) is 15.0. The molecule has 5 nitrogen and oxygen atoms in total. The van der Waals surface area contributed by atoms with E-state index >= 15 is 0 Å². The molecule has 3 rings (SSSR count). The highest BCUT2D eigenvalue weighted by molar-refractivity contribution is 6.32. The number of halogens is 1. The Morgan fingerprint density at radius 2 is 2.29 bits per heavy atom. The highest BCUT2D eigenvalue weighted by Gasteiger charge is 2.32. The maximum Gasteiger partial charge on any atom is 0.320 e. The highest BCUT2D eigenvalue weighted by atomic mass is 35.5. The summed E-state index contributed by atoms with van der Waals surface area (Å²) in [7, 11) is 0. The second-order valence-corrected chi connectivity index (χ2v) is 6.17. The number of hydrogen-bond acceptors (Lipinski definition) is 4. The molecule has 2 unspecified atom stereocenters. The predicted molar refractivity (Wildman–Crippen MR) is 77.8 cm³/mol. The molecule has 2 aliphatic rings. The van der Waals surface area contributed by atoms with Crippen molar-refractivity contribution in [2.45, 2.75) is 32.4 Å². The van der Waals surface area contributed by atoms with Gasteiger partial charge < -0.3 is 14.6 Å². The van der Waals surface area contributed by atoms with E-state index in [9.17, 15) is 9.90 Å². The summed E-state index contributed by atoms with van der Waals surface area (Å²) in [4.78, 5) is 13.4. The molecular formula is C15H18ClNO4. The van der Waals surface area contributed by atoms with E-state index in [1.807, 2.05) is 17.0 Å². The first-order chi connectivity index (χ1) is 10.0. The number of hydrogen-bond donors (Lipinski definition) is 1. The molecule has 1 aromatic carbocycles. The number of likely N-dealkylation sites (tertiary alicyclic amines) is 1. The number of carboxylic acid groups (broad SMARTS) is 1. The van der Waals surface area contributed by atoms with Gasteiger partial charge in [-0.05, 0) is 43.0 Å². The Bertz CT molecular complexity index is 563. The molecule has 0 spiro atoms. The van der Waals surface area contributed by atoms with Crippen LogP contribution in [0.5, 0.6) is 11.5 Å². The van der Waals surface area contributed by atoms with E-state index in [0.717, 1.165) is 18.5 Å². The normalized spacial score (nSPS) is 25.0. The summed E-state index contributed by atoms with van der Waals surface area (Å²) in [5.41, 5.74) is 0.949. The zero-order valence-corrected chi connectivity index (χ0v) is 12.6. The van der Waals surface area contributed by atoms with Crippen LogP contribution in [0.15, 0.2) is 12.1 Å². The molecule has 0 saturated carbocycles. The molecule has 2 atom stereocenters. The van der Waals surface area contributed by atoms with Crippen molar-refractivity contribution in [1.82, 2.24) is 4.90 Å². The Labute approximate surface area is 128 Å². The van der Waals surface area contributed by atoms with Crippen molar-refractivity contribution in [3.8, 4) is 11.5 Å². The number of fused-ring (bicyclic) bond motifs is 1. The van der Waals surface area contributed by atoms with Crippen LogP contribution in [-0.2, 0) is 11.3 Å². The maximum absolute atomic E-state index is 11.4. The van der Waals surface area contributed by atoms with Crippen molar-refractivity contribution in [1.29, 1.82) is 0 Å². The molecule has 1 aromatic rings. The first kappa shape index (κ1) is 14.5. The van der Waals surface area contributed by atoms with Crippen LogP contribution >= 0.6 is 11.6 Å². The van der Waals surface area contributed by atoms with E-state index in [4.69, 9.17) is 21.1 Å². The van der Waals surface area contributed by atoms with Crippen LogP contribution in [0.4, 0.5) is 0 Å². The molecular weight excluding hydrogens is 294 g/mol. The van der Waals surface area contributed by atoms with Crippen LogP contribution < -0.4 is 9.47 Å². The van der Waals surface area contributed by atoms with Gasteiger partial charge in [-0.1, -0.05) is 18.5 Å². The summed E-state index contributed by atoms with van der Waals surface area (Å²) in [6, 6.07) is 3.27. The molecule has 21 heavy (non-hydrogen) atoms. The van der Waals surface area contributed by atoms with Gasteiger partial charge in [-0.3, -0.25) is 9.69 Å². The lowest BCUT2D eigenvalue weighted by molar-refractivity contribution is -0.145. The Kier molecular flexibility index (Phi) is 3.95.